The lowest BCUT2D eigenvalue weighted by Gasteiger charge is -2.20. The molecule has 3 aromatic rings. The Morgan fingerprint density at radius 3 is 2.44 bits per heavy atom. The van der Waals surface area contributed by atoms with Gasteiger partial charge in [0.25, 0.3) is 0 Å². The van der Waals surface area contributed by atoms with Crippen molar-refractivity contribution >= 4 is 0 Å². The van der Waals surface area contributed by atoms with Crippen molar-refractivity contribution in [2.45, 2.75) is 39.5 Å². The Bertz CT molecular complexity index is 781. The SMILES string of the molecule is CC(C)(CO)CCCCc1ccc(-c2cccc(-c3ccco3)c2)o1. The van der Waals surface area contributed by atoms with E-state index in [1.807, 2.05) is 30.3 Å². The van der Waals surface area contributed by atoms with Crippen molar-refractivity contribution in [1.29, 1.82) is 0 Å². The molecule has 0 aliphatic heterocycles. The van der Waals surface area contributed by atoms with Crippen LogP contribution in [0.15, 0.2) is 63.6 Å². The lowest BCUT2D eigenvalue weighted by atomic mass is 9.88. The smallest absolute Gasteiger partial charge is 0.134 e. The van der Waals surface area contributed by atoms with Crippen LogP contribution in [-0.4, -0.2) is 11.7 Å². The fourth-order valence-corrected chi connectivity index (χ4v) is 2.92. The van der Waals surface area contributed by atoms with Gasteiger partial charge in [-0.3, -0.25) is 0 Å². The van der Waals surface area contributed by atoms with Crippen LogP contribution in [0.1, 0.15) is 38.9 Å². The van der Waals surface area contributed by atoms with E-state index in [2.05, 4.69) is 32.0 Å². The van der Waals surface area contributed by atoms with Gasteiger partial charge in [0.15, 0.2) is 0 Å². The minimum atomic E-state index is 0.0145. The van der Waals surface area contributed by atoms with Crippen LogP contribution in [0.4, 0.5) is 0 Å². The summed E-state index contributed by atoms with van der Waals surface area (Å²) in [6.07, 6.45) is 5.81. The highest BCUT2D eigenvalue weighted by atomic mass is 16.3. The molecule has 0 spiro atoms. The number of hydrogen-bond acceptors (Lipinski definition) is 3. The van der Waals surface area contributed by atoms with Gasteiger partial charge in [-0.25, -0.2) is 0 Å². The van der Waals surface area contributed by atoms with Crippen LogP contribution in [0.3, 0.4) is 0 Å². The molecule has 0 aliphatic carbocycles. The monoisotopic (exact) mass is 338 g/mol. The van der Waals surface area contributed by atoms with Gasteiger partial charge in [-0.15, -0.1) is 0 Å². The van der Waals surface area contributed by atoms with Gasteiger partial charge < -0.3 is 13.9 Å². The molecule has 0 radical (unpaired) electrons. The number of rotatable bonds is 8. The van der Waals surface area contributed by atoms with E-state index in [1.54, 1.807) is 6.26 Å². The Hall–Kier alpha value is -2.26. The van der Waals surface area contributed by atoms with Gasteiger partial charge in [0.1, 0.15) is 17.3 Å². The third-order valence-electron chi connectivity index (χ3n) is 4.57. The second-order valence-electron chi connectivity index (χ2n) is 7.35. The van der Waals surface area contributed by atoms with Gasteiger partial charge in [-0.1, -0.05) is 38.5 Å². The van der Waals surface area contributed by atoms with E-state index in [-0.39, 0.29) is 12.0 Å². The van der Waals surface area contributed by atoms with Crippen molar-refractivity contribution in [3.8, 4) is 22.6 Å². The van der Waals surface area contributed by atoms with Gasteiger partial charge in [-0.05, 0) is 48.6 Å². The molecule has 1 aromatic carbocycles. The molecule has 3 heteroatoms. The van der Waals surface area contributed by atoms with Crippen molar-refractivity contribution in [2.24, 2.45) is 5.41 Å². The number of hydrogen-bond donors (Lipinski definition) is 1. The average Bonchev–Trinajstić information content (AvgIpc) is 3.31. The number of aliphatic hydroxyl groups excluding tert-OH is 1. The van der Waals surface area contributed by atoms with E-state index in [9.17, 15) is 5.11 Å². The fourth-order valence-electron chi connectivity index (χ4n) is 2.92. The first-order chi connectivity index (χ1) is 12.1. The van der Waals surface area contributed by atoms with Gasteiger partial charge in [0, 0.05) is 24.2 Å². The summed E-state index contributed by atoms with van der Waals surface area (Å²) in [6, 6.07) is 16.2. The van der Waals surface area contributed by atoms with E-state index in [0.29, 0.717) is 0 Å². The predicted octanol–water partition coefficient (Wildman–Crippen LogP) is 5.94. The molecule has 0 bridgehead atoms. The van der Waals surface area contributed by atoms with E-state index in [1.165, 1.54) is 0 Å². The van der Waals surface area contributed by atoms with Crippen LogP contribution < -0.4 is 0 Å². The molecule has 2 heterocycles. The molecular formula is C22H26O3. The highest BCUT2D eigenvalue weighted by Gasteiger charge is 2.15. The highest BCUT2D eigenvalue weighted by molar-refractivity contribution is 5.67. The lowest BCUT2D eigenvalue weighted by Crippen LogP contribution is -2.16. The minimum Gasteiger partial charge on any atom is -0.464 e. The van der Waals surface area contributed by atoms with Crippen molar-refractivity contribution < 1.29 is 13.9 Å². The first-order valence-electron chi connectivity index (χ1n) is 8.91. The summed E-state index contributed by atoms with van der Waals surface area (Å²) < 4.78 is 11.5. The molecule has 3 rings (SSSR count). The van der Waals surface area contributed by atoms with Crippen LogP contribution in [0, 0.1) is 5.41 Å². The average molecular weight is 338 g/mol. The molecule has 0 aliphatic rings. The summed E-state index contributed by atoms with van der Waals surface area (Å²) in [5.74, 6) is 2.76. The molecule has 0 fully saturated rings. The number of aryl methyl sites for hydroxylation is 1. The quantitative estimate of drug-likeness (QED) is 0.517. The molecule has 25 heavy (non-hydrogen) atoms. The number of unbranched alkanes of at least 4 members (excludes halogenated alkanes) is 1. The summed E-state index contributed by atoms with van der Waals surface area (Å²) in [4.78, 5) is 0. The molecular weight excluding hydrogens is 312 g/mol. The van der Waals surface area contributed by atoms with Crippen molar-refractivity contribution in [2.75, 3.05) is 6.61 Å². The zero-order valence-corrected chi connectivity index (χ0v) is 15.0. The topological polar surface area (TPSA) is 46.5 Å². The maximum atomic E-state index is 9.31. The summed E-state index contributed by atoms with van der Waals surface area (Å²) in [6.45, 7) is 4.44. The largest absolute Gasteiger partial charge is 0.464 e. The van der Waals surface area contributed by atoms with Crippen LogP contribution in [0.2, 0.25) is 0 Å². The van der Waals surface area contributed by atoms with Crippen molar-refractivity contribution in [3.63, 3.8) is 0 Å². The molecule has 132 valence electrons. The molecule has 0 saturated carbocycles. The molecule has 2 aromatic heterocycles. The Labute approximate surface area is 149 Å². The maximum Gasteiger partial charge on any atom is 0.134 e. The fraction of sp³-hybridized carbons (Fsp3) is 0.364. The summed E-state index contributed by atoms with van der Waals surface area (Å²) in [5.41, 5.74) is 2.12. The van der Waals surface area contributed by atoms with Crippen LogP contribution in [-0.2, 0) is 6.42 Å². The Morgan fingerprint density at radius 2 is 1.72 bits per heavy atom. The molecule has 1 N–H and O–H groups in total. The van der Waals surface area contributed by atoms with Crippen molar-refractivity contribution in [1.82, 2.24) is 0 Å². The number of furan rings is 2. The normalized spacial score (nSPS) is 11.8. The van der Waals surface area contributed by atoms with Gasteiger partial charge in [0.05, 0.1) is 6.26 Å². The predicted molar refractivity (Wildman–Crippen MR) is 100 cm³/mol. The molecule has 0 unspecified atom stereocenters. The van der Waals surface area contributed by atoms with E-state index >= 15 is 0 Å². The second kappa shape index (κ2) is 7.75. The van der Waals surface area contributed by atoms with E-state index in [4.69, 9.17) is 8.83 Å². The second-order valence-corrected chi connectivity index (χ2v) is 7.35. The summed E-state index contributed by atoms with van der Waals surface area (Å²) in [5, 5.41) is 9.31. The zero-order chi connectivity index (χ0) is 17.7. The Kier molecular flexibility index (Phi) is 5.44. The minimum absolute atomic E-state index is 0.0145. The molecule has 0 amide bonds. The van der Waals surface area contributed by atoms with E-state index in [0.717, 1.165) is 54.1 Å². The standard InChI is InChI=1S/C22H26O3/c1-22(2,16-23)13-4-3-9-19-11-12-21(25-19)18-8-5-7-17(15-18)20-10-6-14-24-20/h5-8,10-12,14-15,23H,3-4,9,13,16H2,1-2H3. The first-order valence-corrected chi connectivity index (χ1v) is 8.91. The van der Waals surface area contributed by atoms with Crippen LogP contribution in [0.5, 0.6) is 0 Å². The Balaban J connectivity index is 1.61. The molecule has 3 nitrogen and oxygen atoms in total. The summed E-state index contributed by atoms with van der Waals surface area (Å²) in [7, 11) is 0. The van der Waals surface area contributed by atoms with E-state index < -0.39 is 0 Å². The highest BCUT2D eigenvalue weighted by Crippen LogP contribution is 2.29. The van der Waals surface area contributed by atoms with Crippen molar-refractivity contribution in [3.05, 3.63) is 60.6 Å². The lowest BCUT2D eigenvalue weighted by molar-refractivity contribution is 0.147. The van der Waals surface area contributed by atoms with Gasteiger partial charge in [-0.2, -0.15) is 0 Å². The molecule has 0 saturated heterocycles. The van der Waals surface area contributed by atoms with Crippen LogP contribution in [0.25, 0.3) is 22.6 Å². The summed E-state index contributed by atoms with van der Waals surface area (Å²) >= 11 is 0. The first kappa shape index (κ1) is 17.6. The van der Waals surface area contributed by atoms with Gasteiger partial charge >= 0.3 is 0 Å². The molecule has 0 atom stereocenters. The third kappa shape index (κ3) is 4.64. The number of benzene rings is 1. The Morgan fingerprint density at radius 1 is 0.920 bits per heavy atom. The van der Waals surface area contributed by atoms with Gasteiger partial charge in [0.2, 0.25) is 0 Å². The third-order valence-corrected chi connectivity index (χ3v) is 4.57. The maximum absolute atomic E-state index is 9.31. The zero-order valence-electron chi connectivity index (χ0n) is 15.0. The van der Waals surface area contributed by atoms with Crippen LogP contribution >= 0.6 is 0 Å². The number of aliphatic hydroxyl groups is 1.